The van der Waals surface area contributed by atoms with E-state index in [0.29, 0.717) is 13.0 Å². The lowest BCUT2D eigenvalue weighted by Gasteiger charge is -2.44. The Morgan fingerprint density at radius 1 is 1.06 bits per heavy atom. The third kappa shape index (κ3) is 8.77. The van der Waals surface area contributed by atoms with E-state index >= 15 is 0 Å². The van der Waals surface area contributed by atoms with Crippen molar-refractivity contribution in [3.63, 3.8) is 0 Å². The molecule has 3 fully saturated rings. The highest BCUT2D eigenvalue weighted by Crippen LogP contribution is 2.46. The van der Waals surface area contributed by atoms with Gasteiger partial charge in [-0.25, -0.2) is 0 Å². The molecule has 3 aliphatic rings. The Kier molecular flexibility index (Phi) is 11.8. The van der Waals surface area contributed by atoms with Crippen LogP contribution < -0.4 is 15.7 Å². The van der Waals surface area contributed by atoms with Gasteiger partial charge in [-0.15, -0.1) is 0 Å². The van der Waals surface area contributed by atoms with E-state index < -0.39 is 26.1 Å². The van der Waals surface area contributed by atoms with Crippen molar-refractivity contribution < 1.29 is 28.5 Å². The lowest BCUT2D eigenvalue weighted by atomic mass is 9.83. The molecular weight excluding hydrogens is 643 g/mol. The van der Waals surface area contributed by atoms with E-state index in [-0.39, 0.29) is 46.8 Å². The SMILES string of the molecule is CC(/C=C/[C@H]1OC(C)(C)C[C@@]2(CO2)[C@@H]1O)=C\C[C@@H]1O[C@H](C)[C@H](NC(=O)/C=C\[C@H](C)O[Si](c2ccccc2)(c2ccccc2)C(C)(C)C)C[C@@H]1C. The first-order chi connectivity index (χ1) is 23.5. The van der Waals surface area contributed by atoms with Gasteiger partial charge < -0.3 is 29.1 Å². The summed E-state index contributed by atoms with van der Waals surface area (Å²) in [6.45, 7) is 19.8. The zero-order chi connectivity index (χ0) is 36.3. The maximum atomic E-state index is 13.2. The van der Waals surface area contributed by atoms with Crippen LogP contribution in [-0.2, 0) is 23.4 Å². The van der Waals surface area contributed by atoms with Gasteiger partial charge in [0.25, 0.3) is 8.32 Å². The normalized spacial score (nSPS) is 30.9. The fourth-order valence-electron chi connectivity index (χ4n) is 7.90. The van der Waals surface area contributed by atoms with Gasteiger partial charge in [0.1, 0.15) is 17.8 Å². The van der Waals surface area contributed by atoms with Gasteiger partial charge in [-0.1, -0.05) is 118 Å². The smallest absolute Gasteiger partial charge is 0.261 e. The summed E-state index contributed by atoms with van der Waals surface area (Å²) in [5.74, 6) is 0.130. The van der Waals surface area contributed by atoms with Gasteiger partial charge in [-0.3, -0.25) is 4.79 Å². The molecule has 8 heteroatoms. The predicted molar refractivity (Wildman–Crippen MR) is 203 cm³/mol. The number of carbonyl (C=O) groups excluding carboxylic acids is 1. The summed E-state index contributed by atoms with van der Waals surface area (Å²) in [6.07, 6.45) is 10.6. The van der Waals surface area contributed by atoms with Gasteiger partial charge in [-0.05, 0) is 68.8 Å². The zero-order valence-corrected chi connectivity index (χ0v) is 32.5. The highest BCUT2D eigenvalue weighted by Gasteiger charge is 2.60. The van der Waals surface area contributed by atoms with E-state index in [1.807, 2.05) is 58.1 Å². The number of benzene rings is 2. The fourth-order valence-corrected chi connectivity index (χ4v) is 12.6. The molecule has 2 aromatic rings. The molecule has 0 bridgehead atoms. The van der Waals surface area contributed by atoms with Crippen LogP contribution in [0.15, 0.2) is 96.6 Å². The van der Waals surface area contributed by atoms with Gasteiger partial charge in [0.15, 0.2) is 0 Å². The van der Waals surface area contributed by atoms with Gasteiger partial charge in [-0.2, -0.15) is 0 Å². The number of epoxide rings is 1. The molecule has 2 N–H and O–H groups in total. The van der Waals surface area contributed by atoms with Crippen molar-refractivity contribution >= 4 is 24.6 Å². The predicted octanol–water partition coefficient (Wildman–Crippen LogP) is 6.40. The molecule has 0 saturated carbocycles. The van der Waals surface area contributed by atoms with E-state index in [9.17, 15) is 9.90 Å². The third-order valence-corrected chi connectivity index (χ3v) is 15.7. The standard InChI is InChI=1S/C42H59NO6Si/c1-29(21-24-37-39(45)42(28-46-42)27-41(8,9)48-37)20-23-36-30(2)26-35(32(4)47-36)43-38(44)25-22-31(3)49-50(40(5,6)7,33-16-12-10-13-17-33)34-18-14-11-15-19-34/h10-22,24-25,30-32,35-37,39,45H,23,26-28H2,1-9H3,(H,43,44)/b24-21+,25-22-,29-20+/t30-,31-,32+,35+,36-,37+,39+,42+/m0/s1. The van der Waals surface area contributed by atoms with Gasteiger partial charge >= 0.3 is 0 Å². The summed E-state index contributed by atoms with van der Waals surface area (Å²) >= 11 is 0. The maximum absolute atomic E-state index is 13.2. The average Bonchev–Trinajstić information content (AvgIpc) is 3.83. The number of amides is 1. The lowest BCUT2D eigenvalue weighted by Crippen LogP contribution is -2.67. The molecule has 2 aromatic carbocycles. The van der Waals surface area contributed by atoms with Gasteiger partial charge in [0.05, 0.1) is 36.6 Å². The number of hydrogen-bond donors (Lipinski definition) is 2. The molecule has 0 unspecified atom stereocenters. The number of ether oxygens (including phenoxy) is 3. The van der Waals surface area contributed by atoms with Crippen molar-refractivity contribution in [2.75, 3.05) is 6.61 Å². The van der Waals surface area contributed by atoms with Crippen molar-refractivity contribution in [2.45, 2.75) is 134 Å². The molecule has 3 aliphatic heterocycles. The molecule has 1 spiro atoms. The second-order valence-corrected chi connectivity index (χ2v) is 20.7. The molecule has 5 rings (SSSR count). The minimum Gasteiger partial charge on any atom is -0.401 e. The summed E-state index contributed by atoms with van der Waals surface area (Å²) in [7, 11) is -2.73. The van der Waals surface area contributed by atoms with Crippen molar-refractivity contribution in [1.82, 2.24) is 5.32 Å². The van der Waals surface area contributed by atoms with Crippen LogP contribution in [0.4, 0.5) is 0 Å². The summed E-state index contributed by atoms with van der Waals surface area (Å²) < 4.78 is 25.4. The van der Waals surface area contributed by atoms with Crippen molar-refractivity contribution in [2.24, 2.45) is 5.92 Å². The number of allylic oxidation sites excluding steroid dienone is 2. The molecule has 3 heterocycles. The lowest BCUT2D eigenvalue weighted by molar-refractivity contribution is -0.171. The average molecular weight is 702 g/mol. The Balaban J connectivity index is 1.16. The molecule has 272 valence electrons. The first-order valence-corrected chi connectivity index (χ1v) is 20.2. The van der Waals surface area contributed by atoms with E-state index in [1.54, 1.807) is 6.08 Å². The number of aliphatic hydroxyl groups is 1. The molecule has 7 nitrogen and oxygen atoms in total. The van der Waals surface area contributed by atoms with Crippen LogP contribution in [0.25, 0.3) is 0 Å². The number of hydrogen-bond acceptors (Lipinski definition) is 6. The zero-order valence-electron chi connectivity index (χ0n) is 31.5. The topological polar surface area (TPSA) is 89.5 Å². The molecule has 0 radical (unpaired) electrons. The van der Waals surface area contributed by atoms with Gasteiger partial charge in [0, 0.05) is 12.5 Å². The Hall–Kier alpha value is -2.85. The second kappa shape index (κ2) is 15.4. The number of carbonyl (C=O) groups is 1. The number of rotatable bonds is 11. The fraction of sp³-hybridized carbons (Fsp3) is 0.548. The highest BCUT2D eigenvalue weighted by molar-refractivity contribution is 6.99. The molecular formula is C42H59NO6Si. The monoisotopic (exact) mass is 701 g/mol. The minimum absolute atomic E-state index is 0.0514. The second-order valence-electron chi connectivity index (χ2n) is 16.4. The van der Waals surface area contributed by atoms with Crippen molar-refractivity contribution in [3.8, 4) is 0 Å². The molecule has 1 amide bonds. The number of nitrogens with one attached hydrogen (secondary N) is 1. The largest absolute Gasteiger partial charge is 0.401 e. The van der Waals surface area contributed by atoms with E-state index in [1.165, 1.54) is 10.4 Å². The first-order valence-electron chi connectivity index (χ1n) is 18.3. The van der Waals surface area contributed by atoms with Crippen LogP contribution in [0, 0.1) is 5.92 Å². The van der Waals surface area contributed by atoms with Crippen LogP contribution in [-0.4, -0.2) is 73.7 Å². The van der Waals surface area contributed by atoms with Crippen LogP contribution in [0.3, 0.4) is 0 Å². The summed E-state index contributed by atoms with van der Waals surface area (Å²) in [4.78, 5) is 13.2. The summed E-state index contributed by atoms with van der Waals surface area (Å²) in [6, 6.07) is 21.0. The van der Waals surface area contributed by atoms with Gasteiger partial charge in [0.2, 0.25) is 5.91 Å². The molecule has 0 aliphatic carbocycles. The molecule has 50 heavy (non-hydrogen) atoms. The Labute approximate surface area is 301 Å². The Morgan fingerprint density at radius 3 is 2.22 bits per heavy atom. The summed E-state index contributed by atoms with van der Waals surface area (Å²) in [5, 5.41) is 16.3. The molecule has 0 aromatic heterocycles. The van der Waals surface area contributed by atoms with E-state index in [0.717, 1.165) is 18.4 Å². The summed E-state index contributed by atoms with van der Waals surface area (Å²) in [5.41, 5.74) is 0.282. The van der Waals surface area contributed by atoms with Crippen molar-refractivity contribution in [1.29, 1.82) is 0 Å². The quantitative estimate of drug-likeness (QED) is 0.122. The van der Waals surface area contributed by atoms with E-state index in [4.69, 9.17) is 18.6 Å². The van der Waals surface area contributed by atoms with Crippen LogP contribution in [0.1, 0.15) is 81.6 Å². The molecule has 3 saturated heterocycles. The van der Waals surface area contributed by atoms with Crippen LogP contribution in [0.5, 0.6) is 0 Å². The third-order valence-electron chi connectivity index (χ3n) is 10.6. The maximum Gasteiger partial charge on any atom is 0.261 e. The highest BCUT2D eigenvalue weighted by atomic mass is 28.4. The van der Waals surface area contributed by atoms with Crippen molar-refractivity contribution in [3.05, 3.63) is 96.6 Å². The van der Waals surface area contributed by atoms with Crippen LogP contribution >= 0.6 is 0 Å². The molecule has 8 atom stereocenters. The first kappa shape index (κ1) is 38.4. The Bertz CT molecular complexity index is 1490. The minimum atomic E-state index is -2.73. The Morgan fingerprint density at radius 2 is 1.66 bits per heavy atom. The van der Waals surface area contributed by atoms with E-state index in [2.05, 4.69) is 94.5 Å². The number of aliphatic hydroxyl groups excluding tert-OH is 1. The van der Waals surface area contributed by atoms with Crippen LogP contribution in [0.2, 0.25) is 5.04 Å².